The summed E-state index contributed by atoms with van der Waals surface area (Å²) in [5.74, 6) is -0.409. The van der Waals surface area contributed by atoms with E-state index >= 15 is 0 Å². The summed E-state index contributed by atoms with van der Waals surface area (Å²) >= 11 is 0. The number of para-hydroxylation sites is 1. The molecule has 0 atom stereocenters. The molecule has 0 amide bonds. The lowest BCUT2D eigenvalue weighted by molar-refractivity contribution is -0.254. The van der Waals surface area contributed by atoms with E-state index in [2.05, 4.69) is 4.98 Å². The van der Waals surface area contributed by atoms with Crippen LogP contribution in [0, 0.1) is 0 Å². The maximum atomic E-state index is 11.5. The molecule has 0 saturated heterocycles. The van der Waals surface area contributed by atoms with Crippen LogP contribution < -0.4 is 9.84 Å². The Balaban J connectivity index is 1.91. The average Bonchev–Trinajstić information content (AvgIpc) is 2.66. The molecule has 0 spiro atoms. The predicted molar refractivity (Wildman–Crippen MR) is 95.6 cm³/mol. The molecule has 0 fully saturated rings. The van der Waals surface area contributed by atoms with Crippen LogP contribution in [-0.2, 0) is 0 Å². The Kier molecular flexibility index (Phi) is 3.58. The summed E-state index contributed by atoms with van der Waals surface area (Å²) in [5, 5.41) is 14.2. The van der Waals surface area contributed by atoms with Gasteiger partial charge in [0.25, 0.3) is 0 Å². The van der Waals surface area contributed by atoms with Gasteiger partial charge in [-0.1, -0.05) is 36.4 Å². The van der Waals surface area contributed by atoms with Gasteiger partial charge in [-0.2, -0.15) is 0 Å². The highest BCUT2D eigenvalue weighted by molar-refractivity contribution is 6.03. The van der Waals surface area contributed by atoms with Crippen LogP contribution in [-0.4, -0.2) is 18.1 Å². The van der Waals surface area contributed by atoms with Gasteiger partial charge >= 0.3 is 0 Å². The Hall–Kier alpha value is -3.40. The molecule has 25 heavy (non-hydrogen) atoms. The van der Waals surface area contributed by atoms with Crippen molar-refractivity contribution >= 4 is 27.6 Å². The molecule has 0 aliphatic rings. The molecule has 1 aromatic heterocycles. The number of hydrogen-bond donors (Lipinski definition) is 0. The van der Waals surface area contributed by atoms with E-state index in [4.69, 9.17) is 4.74 Å². The van der Waals surface area contributed by atoms with Gasteiger partial charge in [-0.25, -0.2) is 4.98 Å². The SMILES string of the molecule is COc1ccc2cc(-c3cc(C(=O)[O-])c4ccccc4n3)ccc2c1. The van der Waals surface area contributed by atoms with Gasteiger partial charge in [0.1, 0.15) is 5.75 Å². The number of ether oxygens (including phenoxy) is 1. The Morgan fingerprint density at radius 2 is 1.72 bits per heavy atom. The molecule has 4 aromatic rings. The average molecular weight is 328 g/mol. The second-order valence-corrected chi connectivity index (χ2v) is 5.79. The first-order valence-corrected chi connectivity index (χ1v) is 7.85. The zero-order chi connectivity index (χ0) is 17.4. The van der Waals surface area contributed by atoms with E-state index in [1.54, 1.807) is 31.4 Å². The summed E-state index contributed by atoms with van der Waals surface area (Å²) in [4.78, 5) is 16.1. The number of carbonyl (C=O) groups excluding carboxylic acids is 1. The van der Waals surface area contributed by atoms with Crippen molar-refractivity contribution in [3.63, 3.8) is 0 Å². The van der Waals surface area contributed by atoms with Gasteiger partial charge in [0.15, 0.2) is 0 Å². The van der Waals surface area contributed by atoms with Crippen molar-refractivity contribution in [3.8, 4) is 17.0 Å². The van der Waals surface area contributed by atoms with E-state index < -0.39 is 5.97 Å². The maximum Gasteiger partial charge on any atom is 0.119 e. The molecule has 0 unspecified atom stereocenters. The third-order valence-corrected chi connectivity index (χ3v) is 4.28. The zero-order valence-electron chi connectivity index (χ0n) is 13.5. The first kappa shape index (κ1) is 15.1. The third kappa shape index (κ3) is 2.68. The van der Waals surface area contributed by atoms with Crippen LogP contribution in [0.25, 0.3) is 32.9 Å². The number of rotatable bonds is 3. The number of methoxy groups -OCH3 is 1. The fourth-order valence-electron chi connectivity index (χ4n) is 3.00. The molecule has 0 bridgehead atoms. The van der Waals surface area contributed by atoms with Crippen LogP contribution in [0.2, 0.25) is 0 Å². The van der Waals surface area contributed by atoms with E-state index in [1.165, 1.54) is 0 Å². The lowest BCUT2D eigenvalue weighted by Crippen LogP contribution is -2.22. The fraction of sp³-hybridized carbons (Fsp3) is 0.0476. The van der Waals surface area contributed by atoms with Crippen LogP contribution in [0.15, 0.2) is 66.7 Å². The molecule has 0 aliphatic carbocycles. The van der Waals surface area contributed by atoms with Crippen molar-refractivity contribution in [2.24, 2.45) is 0 Å². The quantitative estimate of drug-likeness (QED) is 0.578. The Morgan fingerprint density at radius 1 is 0.960 bits per heavy atom. The molecule has 4 rings (SSSR count). The van der Waals surface area contributed by atoms with E-state index in [-0.39, 0.29) is 5.56 Å². The molecule has 122 valence electrons. The van der Waals surface area contributed by atoms with Gasteiger partial charge in [0.2, 0.25) is 0 Å². The number of nitrogens with zero attached hydrogens (tertiary/aromatic N) is 1. The van der Waals surface area contributed by atoms with Crippen LogP contribution in [0.5, 0.6) is 5.75 Å². The van der Waals surface area contributed by atoms with Crippen LogP contribution >= 0.6 is 0 Å². The predicted octanol–water partition coefficient (Wildman–Crippen LogP) is 3.43. The van der Waals surface area contributed by atoms with E-state index in [0.717, 1.165) is 22.1 Å². The highest BCUT2D eigenvalue weighted by Gasteiger charge is 2.09. The van der Waals surface area contributed by atoms with Gasteiger partial charge in [-0.3, -0.25) is 0 Å². The smallest absolute Gasteiger partial charge is 0.119 e. The van der Waals surface area contributed by atoms with Crippen molar-refractivity contribution in [2.75, 3.05) is 7.11 Å². The minimum atomic E-state index is -1.20. The first-order valence-electron chi connectivity index (χ1n) is 7.85. The zero-order valence-corrected chi connectivity index (χ0v) is 13.5. The van der Waals surface area contributed by atoms with Crippen molar-refractivity contribution < 1.29 is 14.6 Å². The van der Waals surface area contributed by atoms with Gasteiger partial charge in [0.05, 0.1) is 24.3 Å². The molecule has 4 nitrogen and oxygen atoms in total. The van der Waals surface area contributed by atoms with E-state index in [1.807, 2.05) is 42.5 Å². The molecular formula is C21H14NO3-. The number of hydrogen-bond acceptors (Lipinski definition) is 4. The van der Waals surface area contributed by atoms with E-state index in [9.17, 15) is 9.90 Å². The summed E-state index contributed by atoms with van der Waals surface area (Å²) < 4.78 is 5.24. The second kappa shape index (κ2) is 5.91. The number of carboxylic acid groups (broad SMARTS) is 1. The second-order valence-electron chi connectivity index (χ2n) is 5.79. The minimum absolute atomic E-state index is 0.149. The van der Waals surface area contributed by atoms with Gasteiger partial charge in [-0.15, -0.1) is 0 Å². The topological polar surface area (TPSA) is 62.2 Å². The first-order chi connectivity index (χ1) is 12.2. The largest absolute Gasteiger partial charge is 0.545 e. The highest BCUT2D eigenvalue weighted by Crippen LogP contribution is 2.28. The molecule has 0 radical (unpaired) electrons. The van der Waals surface area contributed by atoms with Crippen LogP contribution in [0.4, 0.5) is 0 Å². The lowest BCUT2D eigenvalue weighted by Gasteiger charge is -2.11. The molecule has 4 heteroatoms. The van der Waals surface area contributed by atoms with Crippen LogP contribution in [0.3, 0.4) is 0 Å². The third-order valence-electron chi connectivity index (χ3n) is 4.28. The van der Waals surface area contributed by atoms with Crippen molar-refractivity contribution in [2.45, 2.75) is 0 Å². The number of fused-ring (bicyclic) bond motifs is 2. The molecule has 3 aromatic carbocycles. The lowest BCUT2D eigenvalue weighted by atomic mass is 10.0. The Bertz CT molecular complexity index is 1120. The summed E-state index contributed by atoms with van der Waals surface area (Å²) in [6.45, 7) is 0. The molecule has 0 N–H and O–H groups in total. The monoisotopic (exact) mass is 328 g/mol. The molecule has 1 heterocycles. The van der Waals surface area contributed by atoms with Gasteiger partial charge in [0, 0.05) is 16.5 Å². The molecule has 0 aliphatic heterocycles. The van der Waals surface area contributed by atoms with Crippen molar-refractivity contribution in [3.05, 3.63) is 72.3 Å². The number of carboxylic acids is 1. The number of pyridine rings is 1. The van der Waals surface area contributed by atoms with E-state index in [0.29, 0.717) is 16.6 Å². The number of carbonyl (C=O) groups is 1. The van der Waals surface area contributed by atoms with Gasteiger partial charge < -0.3 is 14.6 Å². The molecular weight excluding hydrogens is 314 g/mol. The number of benzene rings is 3. The summed E-state index contributed by atoms with van der Waals surface area (Å²) in [5.41, 5.74) is 2.24. The Labute approximate surface area is 144 Å². The minimum Gasteiger partial charge on any atom is -0.545 e. The fourth-order valence-corrected chi connectivity index (χ4v) is 3.00. The number of aromatic nitrogens is 1. The summed E-state index contributed by atoms with van der Waals surface area (Å²) in [6.07, 6.45) is 0. The normalized spacial score (nSPS) is 10.9. The Morgan fingerprint density at radius 3 is 2.52 bits per heavy atom. The summed E-state index contributed by atoms with van der Waals surface area (Å²) in [6, 6.07) is 20.5. The summed E-state index contributed by atoms with van der Waals surface area (Å²) in [7, 11) is 1.63. The van der Waals surface area contributed by atoms with Crippen molar-refractivity contribution in [1.29, 1.82) is 0 Å². The maximum absolute atomic E-state index is 11.5. The van der Waals surface area contributed by atoms with Gasteiger partial charge in [-0.05, 0) is 41.1 Å². The molecule has 0 saturated carbocycles. The van der Waals surface area contributed by atoms with Crippen molar-refractivity contribution in [1.82, 2.24) is 4.98 Å². The standard InChI is InChI=1S/C21H15NO3/c1-25-16-9-8-13-10-15(7-6-14(13)11-16)20-12-18(21(23)24)17-4-2-3-5-19(17)22-20/h2-12H,1H3,(H,23,24)/p-1. The number of aromatic carboxylic acids is 1. The van der Waals surface area contributed by atoms with Crippen LogP contribution in [0.1, 0.15) is 10.4 Å². The highest BCUT2D eigenvalue weighted by atomic mass is 16.5.